The fraction of sp³-hybridized carbons (Fsp3) is 0.211. The second-order valence-electron chi connectivity index (χ2n) is 5.31. The largest absolute Gasteiger partial charge is 0.494 e. The molecule has 6 nitrogen and oxygen atoms in total. The molecule has 2 rings (SSSR count). The molecule has 0 saturated heterocycles. The summed E-state index contributed by atoms with van der Waals surface area (Å²) < 4.78 is 11.2. The molecule has 0 aliphatic rings. The molecule has 6 heteroatoms. The summed E-state index contributed by atoms with van der Waals surface area (Å²) in [4.78, 5) is 18.4. The predicted octanol–water partition coefficient (Wildman–Crippen LogP) is 3.42. The molecule has 0 bridgehead atoms. The first-order valence-electron chi connectivity index (χ1n) is 7.74. The zero-order valence-corrected chi connectivity index (χ0v) is 14.4. The third-order valence-electron chi connectivity index (χ3n) is 3.10. The van der Waals surface area contributed by atoms with Crippen LogP contribution in [0, 0.1) is 11.3 Å². The highest BCUT2D eigenvalue weighted by Crippen LogP contribution is 2.27. The number of aromatic nitrogens is 1. The van der Waals surface area contributed by atoms with Crippen molar-refractivity contribution in [3.63, 3.8) is 0 Å². The minimum Gasteiger partial charge on any atom is -0.494 e. The molecule has 1 heterocycles. The number of allylic oxidation sites excluding steroid dienone is 1. The Morgan fingerprint density at radius 2 is 2.04 bits per heavy atom. The van der Waals surface area contributed by atoms with E-state index in [0.29, 0.717) is 18.1 Å². The maximum Gasteiger partial charge on any atom is 0.230 e. The van der Waals surface area contributed by atoms with Crippen molar-refractivity contribution in [2.24, 2.45) is 0 Å². The molecule has 2 aromatic rings. The average molecular weight is 337 g/mol. The van der Waals surface area contributed by atoms with Gasteiger partial charge in [-0.1, -0.05) is 6.07 Å². The number of pyridine rings is 1. The first kappa shape index (κ1) is 18.0. The molecule has 0 saturated carbocycles. The number of hydrogen-bond donors (Lipinski definition) is 0. The van der Waals surface area contributed by atoms with Crippen LogP contribution in [0.3, 0.4) is 0 Å². The second-order valence-corrected chi connectivity index (χ2v) is 5.31. The van der Waals surface area contributed by atoms with E-state index in [2.05, 4.69) is 4.98 Å². The van der Waals surface area contributed by atoms with Crippen molar-refractivity contribution in [3.05, 3.63) is 59.9 Å². The second kappa shape index (κ2) is 8.50. The molecule has 0 spiro atoms. The first-order valence-corrected chi connectivity index (χ1v) is 7.74. The Balaban J connectivity index is 2.34. The van der Waals surface area contributed by atoms with Gasteiger partial charge in [0.05, 0.1) is 12.2 Å². The lowest BCUT2D eigenvalue weighted by Crippen LogP contribution is -2.10. The number of Topliss-reactive ketones (excluding diaryl/α,β-unsaturated/α-hetero) is 1. The Labute approximate surface area is 146 Å². The maximum atomic E-state index is 12.6. The first-order chi connectivity index (χ1) is 12.0. The number of nitrogens with zero attached hydrogens (tertiary/aromatic N) is 3. The van der Waals surface area contributed by atoms with Crippen LogP contribution in [0.15, 0.2) is 54.4 Å². The van der Waals surface area contributed by atoms with Crippen LogP contribution >= 0.6 is 0 Å². The van der Waals surface area contributed by atoms with Crippen LogP contribution < -0.4 is 9.47 Å². The van der Waals surface area contributed by atoms with Crippen molar-refractivity contribution in [2.75, 3.05) is 20.7 Å². The van der Waals surface area contributed by atoms with Gasteiger partial charge in [0.1, 0.15) is 23.1 Å². The number of benzene rings is 1. The van der Waals surface area contributed by atoms with Crippen molar-refractivity contribution < 1.29 is 14.3 Å². The fourth-order valence-electron chi connectivity index (χ4n) is 2.09. The summed E-state index contributed by atoms with van der Waals surface area (Å²) in [5.41, 5.74) is 0.227. The van der Waals surface area contributed by atoms with Crippen LogP contribution in [0.2, 0.25) is 0 Å². The van der Waals surface area contributed by atoms with E-state index in [1.54, 1.807) is 49.3 Å². The molecule has 0 aliphatic carbocycles. The monoisotopic (exact) mass is 337 g/mol. The van der Waals surface area contributed by atoms with E-state index in [1.165, 1.54) is 12.4 Å². The number of carbonyl (C=O) groups excluding carboxylic acids is 1. The Morgan fingerprint density at radius 1 is 1.28 bits per heavy atom. The normalized spacial score (nSPS) is 10.7. The van der Waals surface area contributed by atoms with E-state index < -0.39 is 5.78 Å². The highest BCUT2D eigenvalue weighted by Gasteiger charge is 2.19. The van der Waals surface area contributed by atoms with Crippen molar-refractivity contribution in [1.29, 1.82) is 5.26 Å². The highest BCUT2D eigenvalue weighted by atomic mass is 16.5. The lowest BCUT2D eigenvalue weighted by atomic mass is 10.1. The molecular formula is C19H19N3O3. The number of nitriles is 1. The number of ketones is 1. The molecule has 0 unspecified atom stereocenters. The Hall–Kier alpha value is -3.33. The lowest BCUT2D eigenvalue weighted by molar-refractivity contribution is 0.103. The van der Waals surface area contributed by atoms with Gasteiger partial charge in [0.15, 0.2) is 0 Å². The maximum absolute atomic E-state index is 12.6. The van der Waals surface area contributed by atoms with Gasteiger partial charge in [0.2, 0.25) is 11.7 Å². The number of hydrogen-bond acceptors (Lipinski definition) is 6. The summed E-state index contributed by atoms with van der Waals surface area (Å²) in [7, 11) is 3.48. The SMILES string of the molecule is CCOc1cccc(Oc2ncccc2C(=O)/C(C#N)=C/N(C)C)c1. The van der Waals surface area contributed by atoms with Gasteiger partial charge in [-0.25, -0.2) is 4.98 Å². The molecule has 0 aliphatic heterocycles. The molecular weight excluding hydrogens is 318 g/mol. The van der Waals surface area contributed by atoms with Crippen LogP contribution in [0.5, 0.6) is 17.4 Å². The quantitative estimate of drug-likeness (QED) is 0.438. The third-order valence-corrected chi connectivity index (χ3v) is 3.10. The van der Waals surface area contributed by atoms with Gasteiger partial charge in [0, 0.05) is 32.6 Å². The minimum atomic E-state index is -0.444. The number of ether oxygens (including phenoxy) is 2. The molecule has 0 radical (unpaired) electrons. The summed E-state index contributed by atoms with van der Waals surface area (Å²) in [6.45, 7) is 2.43. The van der Waals surface area contributed by atoms with Crippen molar-refractivity contribution in [3.8, 4) is 23.4 Å². The van der Waals surface area contributed by atoms with Crippen molar-refractivity contribution in [1.82, 2.24) is 9.88 Å². The summed E-state index contributed by atoms with van der Waals surface area (Å²) in [6, 6.07) is 12.2. The van der Waals surface area contributed by atoms with E-state index in [4.69, 9.17) is 9.47 Å². The molecule has 0 amide bonds. The van der Waals surface area contributed by atoms with Gasteiger partial charge in [-0.2, -0.15) is 5.26 Å². The molecule has 128 valence electrons. The van der Waals surface area contributed by atoms with E-state index in [1.807, 2.05) is 19.1 Å². The average Bonchev–Trinajstić information content (AvgIpc) is 2.60. The third kappa shape index (κ3) is 4.82. The van der Waals surface area contributed by atoms with E-state index in [-0.39, 0.29) is 17.0 Å². The fourth-order valence-corrected chi connectivity index (χ4v) is 2.09. The topological polar surface area (TPSA) is 75.5 Å². The Bertz CT molecular complexity index is 823. The number of carbonyl (C=O) groups is 1. The lowest BCUT2D eigenvalue weighted by Gasteiger charge is -2.11. The summed E-state index contributed by atoms with van der Waals surface area (Å²) in [5, 5.41) is 9.24. The van der Waals surface area contributed by atoms with Crippen LogP contribution in [0.25, 0.3) is 0 Å². The van der Waals surface area contributed by atoms with Crippen molar-refractivity contribution >= 4 is 5.78 Å². The Morgan fingerprint density at radius 3 is 2.72 bits per heavy atom. The van der Waals surface area contributed by atoms with Crippen LogP contribution in [-0.2, 0) is 0 Å². The zero-order chi connectivity index (χ0) is 18.2. The van der Waals surface area contributed by atoms with Crippen molar-refractivity contribution in [2.45, 2.75) is 6.92 Å². The van der Waals surface area contributed by atoms with Crippen LogP contribution in [0.1, 0.15) is 17.3 Å². The molecule has 0 atom stereocenters. The minimum absolute atomic E-state index is 0.00548. The Kier molecular flexibility index (Phi) is 6.13. The predicted molar refractivity (Wildman–Crippen MR) is 93.6 cm³/mol. The van der Waals surface area contributed by atoms with Gasteiger partial charge in [-0.05, 0) is 31.2 Å². The van der Waals surface area contributed by atoms with E-state index in [9.17, 15) is 10.1 Å². The van der Waals surface area contributed by atoms with Gasteiger partial charge in [-0.15, -0.1) is 0 Å². The summed E-state index contributed by atoms with van der Waals surface area (Å²) >= 11 is 0. The van der Waals surface area contributed by atoms with Crippen LogP contribution in [-0.4, -0.2) is 36.4 Å². The summed E-state index contributed by atoms with van der Waals surface area (Å²) in [5.74, 6) is 0.851. The summed E-state index contributed by atoms with van der Waals surface area (Å²) in [6.07, 6.45) is 3.00. The number of rotatable bonds is 7. The molecule has 25 heavy (non-hydrogen) atoms. The van der Waals surface area contributed by atoms with Gasteiger partial charge in [-0.3, -0.25) is 4.79 Å². The van der Waals surface area contributed by atoms with Gasteiger partial charge >= 0.3 is 0 Å². The zero-order valence-electron chi connectivity index (χ0n) is 14.4. The molecule has 0 N–H and O–H groups in total. The van der Waals surface area contributed by atoms with Gasteiger partial charge < -0.3 is 14.4 Å². The standard InChI is InChI=1S/C19H19N3O3/c1-4-24-15-7-5-8-16(11-15)25-19-17(9-6-10-21-19)18(23)14(12-20)13-22(2)3/h5-11,13H,4H2,1-3H3/b14-13+. The van der Waals surface area contributed by atoms with Gasteiger partial charge in [0.25, 0.3) is 0 Å². The van der Waals surface area contributed by atoms with E-state index in [0.717, 1.165) is 0 Å². The van der Waals surface area contributed by atoms with E-state index >= 15 is 0 Å². The highest BCUT2D eigenvalue weighted by molar-refractivity contribution is 6.12. The smallest absolute Gasteiger partial charge is 0.230 e. The molecule has 0 fully saturated rings. The molecule has 1 aromatic carbocycles. The molecule has 1 aromatic heterocycles. The van der Waals surface area contributed by atoms with Crippen LogP contribution in [0.4, 0.5) is 0 Å².